The molecule has 8 N–H and O–H groups in total. The van der Waals surface area contributed by atoms with Crippen LogP contribution in [0, 0.1) is 0 Å². The summed E-state index contributed by atoms with van der Waals surface area (Å²) in [5, 5.41) is 23.7. The Hall–Kier alpha value is -3.80. The number of aliphatic hydroxyl groups is 2. The molecular formula is C28H34N6O12P2. The van der Waals surface area contributed by atoms with E-state index in [-0.39, 0.29) is 48.9 Å². The molecule has 1 aliphatic rings. The zero-order valence-corrected chi connectivity index (χ0v) is 27.0. The second-order valence-corrected chi connectivity index (χ2v) is 13.8. The first-order valence-electron chi connectivity index (χ1n) is 14.6. The van der Waals surface area contributed by atoms with E-state index >= 15 is 0 Å². The van der Waals surface area contributed by atoms with Crippen molar-refractivity contribution in [1.29, 1.82) is 0 Å². The van der Waals surface area contributed by atoms with Gasteiger partial charge in [-0.2, -0.15) is 9.29 Å². The summed E-state index contributed by atoms with van der Waals surface area (Å²) in [6, 6.07) is 17.6. The highest BCUT2D eigenvalue weighted by Crippen LogP contribution is 2.60. The van der Waals surface area contributed by atoms with Gasteiger partial charge in [0.15, 0.2) is 17.4 Å². The molecule has 48 heavy (non-hydrogen) atoms. The topological polar surface area (TPSA) is 271 Å². The number of hydrogen-bond donors (Lipinski definition) is 7. The fraction of sp³-hybridized carbons (Fsp3) is 0.357. The average Bonchev–Trinajstić information content (AvgIpc) is 3.59. The molecule has 18 nitrogen and oxygen atoms in total. The van der Waals surface area contributed by atoms with E-state index in [1.165, 1.54) is 0 Å². The van der Waals surface area contributed by atoms with Crippen LogP contribution in [0.4, 0.5) is 5.95 Å². The van der Waals surface area contributed by atoms with Crippen molar-refractivity contribution < 1.29 is 52.0 Å². The summed E-state index contributed by atoms with van der Waals surface area (Å²) < 4.78 is 45.0. The first-order valence-corrected chi connectivity index (χ1v) is 17.6. The molecule has 5 rings (SSSR count). The quantitative estimate of drug-likeness (QED) is 0.0684. The number of anilines is 1. The van der Waals surface area contributed by atoms with Gasteiger partial charge in [0.05, 0.1) is 19.5 Å². The number of carbonyl (C=O) groups is 1. The molecule has 1 saturated heterocycles. The molecule has 0 saturated carbocycles. The number of nitrogen functional groups attached to an aromatic ring is 1. The van der Waals surface area contributed by atoms with Crippen molar-refractivity contribution in [2.45, 2.75) is 50.3 Å². The first kappa shape index (κ1) is 35.5. The highest BCUT2D eigenvalue weighted by Gasteiger charge is 2.46. The SMILES string of the molecule is Nc1nc2c(ncn2[C@@H]2O[C@H](COP(=O)(O)OP(=O)(O)OCCCCC(=O)NCc3ccc(-c4ccccc4)cc3)[C@@H](O)[C@H]2O)c(=O)[nH]1. The number of aromatic amines is 1. The predicted octanol–water partition coefficient (Wildman–Crippen LogP) is 1.73. The van der Waals surface area contributed by atoms with Crippen molar-refractivity contribution in [1.82, 2.24) is 24.8 Å². The van der Waals surface area contributed by atoms with Crippen molar-refractivity contribution in [3.8, 4) is 11.1 Å². The van der Waals surface area contributed by atoms with Crippen LogP contribution in [-0.4, -0.2) is 77.0 Å². The smallest absolute Gasteiger partial charge is 0.387 e. The van der Waals surface area contributed by atoms with E-state index in [9.17, 15) is 38.7 Å². The summed E-state index contributed by atoms with van der Waals surface area (Å²) in [4.78, 5) is 54.2. The molecular weight excluding hydrogens is 674 g/mol. The van der Waals surface area contributed by atoms with E-state index in [0.717, 1.165) is 27.6 Å². The van der Waals surface area contributed by atoms with Crippen LogP contribution >= 0.6 is 15.6 Å². The van der Waals surface area contributed by atoms with Crippen LogP contribution in [0.3, 0.4) is 0 Å². The highest BCUT2D eigenvalue weighted by atomic mass is 31.3. The summed E-state index contributed by atoms with van der Waals surface area (Å²) in [6.45, 7) is -0.912. The Morgan fingerprint density at radius 1 is 1.00 bits per heavy atom. The number of amides is 1. The third-order valence-corrected chi connectivity index (χ3v) is 9.91. The molecule has 2 aromatic heterocycles. The molecule has 1 aliphatic heterocycles. The molecule has 1 amide bonds. The Morgan fingerprint density at radius 3 is 2.42 bits per heavy atom. The maximum absolute atomic E-state index is 12.4. The van der Waals surface area contributed by atoms with E-state index in [0.29, 0.717) is 6.54 Å². The van der Waals surface area contributed by atoms with Gasteiger partial charge in [0, 0.05) is 13.0 Å². The number of hydrogen-bond acceptors (Lipinski definition) is 13. The molecule has 2 unspecified atom stereocenters. The molecule has 3 heterocycles. The molecule has 0 radical (unpaired) electrons. The van der Waals surface area contributed by atoms with E-state index in [2.05, 4.69) is 24.6 Å². The number of rotatable bonds is 15. The van der Waals surface area contributed by atoms with Gasteiger partial charge in [0.1, 0.15) is 18.3 Å². The molecule has 258 valence electrons. The fourth-order valence-electron chi connectivity index (χ4n) is 4.87. The standard InChI is InChI=1S/C28H34N6O12P2/c29-28-32-25-22(26(38)33-28)31-16-34(25)27-24(37)23(36)20(45-27)15-44-48(41,42)46-47(39,40)43-13-5-4-8-21(35)30-14-17-9-11-19(12-10-17)18-6-2-1-3-7-18/h1-3,6-7,9-12,16,20,23-24,27,36-37H,4-5,8,13-15H2,(H,30,35)(H,39,40)(H,41,42)(H3,29,32,33,38)/t20-,23-,24-,27-/m1/s1. The fourth-order valence-corrected chi connectivity index (χ4v) is 6.99. The van der Waals surface area contributed by atoms with Crippen LogP contribution < -0.4 is 16.6 Å². The summed E-state index contributed by atoms with van der Waals surface area (Å²) in [6.07, 6.45) is -4.41. The van der Waals surface area contributed by atoms with Crippen LogP contribution in [0.5, 0.6) is 0 Å². The Labute approximate surface area is 272 Å². The van der Waals surface area contributed by atoms with Gasteiger partial charge in [0.25, 0.3) is 5.56 Å². The monoisotopic (exact) mass is 708 g/mol. The van der Waals surface area contributed by atoms with Gasteiger partial charge in [-0.05, 0) is 29.5 Å². The average molecular weight is 709 g/mol. The maximum Gasteiger partial charge on any atom is 0.481 e. The number of imidazole rings is 1. The summed E-state index contributed by atoms with van der Waals surface area (Å²) >= 11 is 0. The number of carbonyl (C=O) groups excluding carboxylic acids is 1. The zero-order chi connectivity index (χ0) is 34.5. The number of aromatic nitrogens is 4. The molecule has 4 aromatic rings. The molecule has 20 heteroatoms. The molecule has 0 aliphatic carbocycles. The first-order chi connectivity index (χ1) is 22.8. The number of aliphatic hydroxyl groups excluding tert-OH is 2. The van der Waals surface area contributed by atoms with Crippen molar-refractivity contribution in [2.24, 2.45) is 0 Å². The lowest BCUT2D eigenvalue weighted by atomic mass is 10.0. The number of H-pyrrole nitrogens is 1. The van der Waals surface area contributed by atoms with Crippen molar-refractivity contribution >= 4 is 38.7 Å². The third-order valence-electron chi connectivity index (χ3n) is 7.27. The molecule has 1 fully saturated rings. The van der Waals surface area contributed by atoms with Gasteiger partial charge in [-0.25, -0.2) is 14.1 Å². The van der Waals surface area contributed by atoms with E-state index < -0.39 is 52.4 Å². The lowest BCUT2D eigenvalue weighted by Gasteiger charge is -2.19. The number of nitrogens with zero attached hydrogens (tertiary/aromatic N) is 3. The summed E-state index contributed by atoms with van der Waals surface area (Å²) in [5.41, 5.74) is 7.79. The van der Waals surface area contributed by atoms with Gasteiger partial charge in [-0.3, -0.25) is 28.2 Å². The summed E-state index contributed by atoms with van der Waals surface area (Å²) in [7, 11) is -10.3. The normalized spacial score (nSPS) is 21.9. The molecule has 6 atom stereocenters. The lowest BCUT2D eigenvalue weighted by Crippen LogP contribution is -2.33. The molecule has 0 spiro atoms. The van der Waals surface area contributed by atoms with Gasteiger partial charge >= 0.3 is 15.6 Å². The van der Waals surface area contributed by atoms with Gasteiger partial charge in [-0.1, -0.05) is 54.6 Å². The van der Waals surface area contributed by atoms with Gasteiger partial charge in [-0.15, -0.1) is 0 Å². The minimum atomic E-state index is -5.24. The Morgan fingerprint density at radius 2 is 1.69 bits per heavy atom. The van der Waals surface area contributed by atoms with E-state index in [1.54, 1.807) is 0 Å². The van der Waals surface area contributed by atoms with Crippen LogP contribution in [0.25, 0.3) is 22.3 Å². The number of nitrogens with two attached hydrogens (primary N) is 1. The van der Waals surface area contributed by atoms with Crippen LogP contribution in [0.2, 0.25) is 0 Å². The number of fused-ring (bicyclic) bond motifs is 1. The number of phosphoric acid groups is 2. The highest BCUT2D eigenvalue weighted by molar-refractivity contribution is 7.61. The number of benzene rings is 2. The second-order valence-electron chi connectivity index (χ2n) is 10.8. The van der Waals surface area contributed by atoms with Gasteiger partial charge in [0.2, 0.25) is 11.9 Å². The van der Waals surface area contributed by atoms with Crippen LogP contribution in [0.15, 0.2) is 65.7 Å². The summed E-state index contributed by atoms with van der Waals surface area (Å²) in [5.74, 6) is -0.476. The Kier molecular flexibility index (Phi) is 11.2. The number of phosphoric ester groups is 2. The number of unbranched alkanes of at least 4 members (excludes halogenated alkanes) is 1. The largest absolute Gasteiger partial charge is 0.481 e. The zero-order valence-electron chi connectivity index (χ0n) is 25.2. The maximum atomic E-state index is 12.4. The van der Waals surface area contributed by atoms with Crippen molar-refractivity contribution in [2.75, 3.05) is 18.9 Å². The van der Waals surface area contributed by atoms with E-state index in [1.807, 2.05) is 54.6 Å². The van der Waals surface area contributed by atoms with Crippen molar-refractivity contribution in [3.63, 3.8) is 0 Å². The van der Waals surface area contributed by atoms with Crippen molar-refractivity contribution in [3.05, 3.63) is 76.8 Å². The predicted molar refractivity (Wildman–Crippen MR) is 169 cm³/mol. The number of nitrogens with one attached hydrogen (secondary N) is 2. The third kappa shape index (κ3) is 9.00. The Balaban J connectivity index is 1.01. The minimum absolute atomic E-state index is 0.0609. The number of ether oxygens (including phenoxy) is 1. The Bertz CT molecular complexity index is 1870. The van der Waals surface area contributed by atoms with E-state index in [4.69, 9.17) is 19.5 Å². The van der Waals surface area contributed by atoms with Gasteiger partial charge < -0.3 is 35.8 Å². The minimum Gasteiger partial charge on any atom is -0.387 e. The molecule has 0 bridgehead atoms. The second kappa shape index (κ2) is 15.2. The van der Waals surface area contributed by atoms with Crippen LogP contribution in [-0.2, 0) is 38.6 Å². The molecule has 2 aromatic carbocycles. The lowest BCUT2D eigenvalue weighted by molar-refractivity contribution is -0.121. The van der Waals surface area contributed by atoms with Crippen LogP contribution in [0.1, 0.15) is 31.1 Å².